The van der Waals surface area contributed by atoms with E-state index >= 15 is 0 Å². The summed E-state index contributed by atoms with van der Waals surface area (Å²) < 4.78 is 41.1. The quantitative estimate of drug-likeness (QED) is 0.908. The van der Waals surface area contributed by atoms with E-state index in [4.69, 9.17) is 0 Å². The average Bonchev–Trinajstić information content (AvgIpc) is 2.56. The Hall–Kier alpha value is -2.41. The van der Waals surface area contributed by atoms with Gasteiger partial charge in [-0.1, -0.05) is 6.07 Å². The van der Waals surface area contributed by atoms with Gasteiger partial charge in [-0.2, -0.15) is 0 Å². The van der Waals surface area contributed by atoms with E-state index < -0.39 is 15.8 Å². The number of hydrogen-bond donors (Lipinski definition) is 1. The molecule has 132 valence electrons. The second kappa shape index (κ2) is 6.48. The predicted molar refractivity (Wildman–Crippen MR) is 94.7 cm³/mol. The number of rotatable bonds is 4. The van der Waals surface area contributed by atoms with Crippen molar-refractivity contribution in [2.75, 3.05) is 16.2 Å². The molecule has 0 aromatic heterocycles. The number of halogens is 1. The topological polar surface area (TPSA) is 66.5 Å². The maximum absolute atomic E-state index is 13.4. The molecule has 0 unspecified atom stereocenters. The first-order chi connectivity index (χ1) is 11.8. The summed E-state index contributed by atoms with van der Waals surface area (Å²) in [5, 5.41) is 0. The summed E-state index contributed by atoms with van der Waals surface area (Å²) in [6.07, 6.45) is 0.972. The van der Waals surface area contributed by atoms with Crippen LogP contribution in [0.1, 0.15) is 24.5 Å². The Labute approximate surface area is 146 Å². The second-order valence-corrected chi connectivity index (χ2v) is 7.65. The second-order valence-electron chi connectivity index (χ2n) is 6.00. The highest BCUT2D eigenvalue weighted by Gasteiger charge is 2.24. The van der Waals surface area contributed by atoms with Gasteiger partial charge in [-0.05, 0) is 61.7 Å². The molecule has 1 amide bonds. The Bertz CT molecular complexity index is 941. The average molecular weight is 362 g/mol. The van der Waals surface area contributed by atoms with Crippen LogP contribution in [0, 0.1) is 12.7 Å². The molecule has 5 nitrogen and oxygen atoms in total. The third-order valence-electron chi connectivity index (χ3n) is 4.29. The molecule has 2 aromatic rings. The third kappa shape index (κ3) is 3.37. The molecule has 1 N–H and O–H groups in total. The summed E-state index contributed by atoms with van der Waals surface area (Å²) in [6.45, 7) is 4.08. The van der Waals surface area contributed by atoms with Crippen molar-refractivity contribution in [3.8, 4) is 0 Å². The van der Waals surface area contributed by atoms with Crippen molar-refractivity contribution in [3.05, 3.63) is 53.3 Å². The van der Waals surface area contributed by atoms with E-state index in [2.05, 4.69) is 4.72 Å². The van der Waals surface area contributed by atoms with Crippen LogP contribution in [-0.4, -0.2) is 20.9 Å². The molecular formula is C18H19FN2O3S. The number of aryl methyl sites for hydroxylation is 2. The maximum Gasteiger partial charge on any atom is 0.262 e. The minimum atomic E-state index is -3.89. The smallest absolute Gasteiger partial charge is 0.262 e. The number of amides is 1. The van der Waals surface area contributed by atoms with Crippen molar-refractivity contribution in [1.29, 1.82) is 0 Å². The standard InChI is InChI=1S/C18H19FN2O3S/c1-3-21-16-8-7-15(10-13(16)5-9-18(21)22)20-25(23,24)17-11-14(19)6-4-12(17)2/h4,6-8,10-11,20H,3,5,9H2,1-2H3. The van der Waals surface area contributed by atoms with Crippen LogP contribution in [0.4, 0.5) is 15.8 Å². The summed E-state index contributed by atoms with van der Waals surface area (Å²) in [5.74, 6) is -0.535. The van der Waals surface area contributed by atoms with Gasteiger partial charge in [0.25, 0.3) is 10.0 Å². The van der Waals surface area contributed by atoms with Gasteiger partial charge < -0.3 is 4.90 Å². The molecule has 1 aliphatic rings. The van der Waals surface area contributed by atoms with E-state index in [0.29, 0.717) is 30.6 Å². The molecule has 25 heavy (non-hydrogen) atoms. The lowest BCUT2D eigenvalue weighted by Gasteiger charge is -2.28. The number of carbonyl (C=O) groups excluding carboxylic acids is 1. The molecule has 0 bridgehead atoms. The summed E-state index contributed by atoms with van der Waals surface area (Å²) >= 11 is 0. The lowest BCUT2D eigenvalue weighted by atomic mass is 10.0. The zero-order valence-corrected chi connectivity index (χ0v) is 14.9. The molecule has 7 heteroatoms. The highest BCUT2D eigenvalue weighted by molar-refractivity contribution is 7.92. The normalized spacial score (nSPS) is 14.4. The first-order valence-corrected chi connectivity index (χ1v) is 9.52. The van der Waals surface area contributed by atoms with E-state index in [9.17, 15) is 17.6 Å². The monoisotopic (exact) mass is 362 g/mol. The summed E-state index contributed by atoms with van der Waals surface area (Å²) in [7, 11) is -3.89. The Morgan fingerprint density at radius 3 is 2.64 bits per heavy atom. The lowest BCUT2D eigenvalue weighted by molar-refractivity contribution is -0.118. The Kier molecular flexibility index (Phi) is 4.51. The molecule has 0 radical (unpaired) electrons. The van der Waals surface area contributed by atoms with Gasteiger partial charge in [-0.25, -0.2) is 12.8 Å². The first-order valence-electron chi connectivity index (χ1n) is 8.04. The van der Waals surface area contributed by atoms with E-state index in [0.717, 1.165) is 17.3 Å². The number of hydrogen-bond acceptors (Lipinski definition) is 3. The molecule has 0 saturated carbocycles. The number of anilines is 2. The van der Waals surface area contributed by atoms with Crippen molar-refractivity contribution in [2.45, 2.75) is 31.6 Å². The molecule has 0 fully saturated rings. The first kappa shape index (κ1) is 17.4. The number of fused-ring (bicyclic) bond motifs is 1. The van der Waals surface area contributed by atoms with Crippen molar-refractivity contribution in [3.63, 3.8) is 0 Å². The fourth-order valence-corrected chi connectivity index (χ4v) is 4.35. The number of benzene rings is 2. The minimum absolute atomic E-state index is 0.0683. The van der Waals surface area contributed by atoms with Crippen molar-refractivity contribution >= 4 is 27.3 Å². The zero-order valence-electron chi connectivity index (χ0n) is 14.0. The van der Waals surface area contributed by atoms with E-state index in [1.165, 1.54) is 12.1 Å². The molecule has 3 rings (SSSR count). The summed E-state index contributed by atoms with van der Waals surface area (Å²) in [4.78, 5) is 13.5. The molecule has 0 atom stereocenters. The summed E-state index contributed by atoms with van der Waals surface area (Å²) in [6, 6.07) is 8.76. The Morgan fingerprint density at radius 2 is 1.92 bits per heavy atom. The molecule has 1 aliphatic heterocycles. The predicted octanol–water partition coefficient (Wildman–Crippen LogP) is 3.23. The van der Waals surface area contributed by atoms with Crippen LogP contribution < -0.4 is 9.62 Å². The van der Waals surface area contributed by atoms with Crippen LogP contribution in [0.5, 0.6) is 0 Å². The zero-order chi connectivity index (χ0) is 18.2. The number of sulfonamides is 1. The fourth-order valence-electron chi connectivity index (χ4n) is 3.04. The molecule has 2 aromatic carbocycles. The van der Waals surface area contributed by atoms with Crippen molar-refractivity contribution in [2.24, 2.45) is 0 Å². The van der Waals surface area contributed by atoms with Crippen molar-refractivity contribution < 1.29 is 17.6 Å². The lowest BCUT2D eigenvalue weighted by Crippen LogP contribution is -2.34. The molecular weight excluding hydrogens is 343 g/mol. The summed E-state index contributed by atoms with van der Waals surface area (Å²) in [5.41, 5.74) is 2.59. The maximum atomic E-state index is 13.4. The van der Waals surface area contributed by atoms with Crippen LogP contribution >= 0.6 is 0 Å². The van der Waals surface area contributed by atoms with Gasteiger partial charge in [0, 0.05) is 24.3 Å². The van der Waals surface area contributed by atoms with Crippen LogP contribution in [0.15, 0.2) is 41.3 Å². The fraction of sp³-hybridized carbons (Fsp3) is 0.278. The van der Waals surface area contributed by atoms with Crippen LogP contribution in [0.3, 0.4) is 0 Å². The van der Waals surface area contributed by atoms with Gasteiger partial charge in [-0.3, -0.25) is 9.52 Å². The highest BCUT2D eigenvalue weighted by Crippen LogP contribution is 2.31. The van der Waals surface area contributed by atoms with Crippen LogP contribution in [0.2, 0.25) is 0 Å². The molecule has 0 spiro atoms. The van der Waals surface area contributed by atoms with Crippen molar-refractivity contribution in [1.82, 2.24) is 0 Å². The van der Waals surface area contributed by atoms with Crippen LogP contribution in [0.25, 0.3) is 0 Å². The van der Waals surface area contributed by atoms with Gasteiger partial charge in [0.05, 0.1) is 4.90 Å². The number of nitrogens with one attached hydrogen (secondary N) is 1. The largest absolute Gasteiger partial charge is 0.312 e. The molecule has 1 heterocycles. The Morgan fingerprint density at radius 1 is 1.16 bits per heavy atom. The van der Waals surface area contributed by atoms with Gasteiger partial charge in [0.15, 0.2) is 0 Å². The Balaban J connectivity index is 1.94. The number of carbonyl (C=O) groups is 1. The third-order valence-corrected chi connectivity index (χ3v) is 5.81. The van der Waals surface area contributed by atoms with Gasteiger partial charge in [-0.15, -0.1) is 0 Å². The number of nitrogens with zero attached hydrogens (tertiary/aromatic N) is 1. The van der Waals surface area contributed by atoms with E-state index in [1.807, 2.05) is 6.92 Å². The van der Waals surface area contributed by atoms with Gasteiger partial charge in [0.1, 0.15) is 5.82 Å². The van der Waals surface area contributed by atoms with Gasteiger partial charge in [0.2, 0.25) is 5.91 Å². The van der Waals surface area contributed by atoms with Gasteiger partial charge >= 0.3 is 0 Å². The minimum Gasteiger partial charge on any atom is -0.312 e. The molecule has 0 aliphatic carbocycles. The SMILES string of the molecule is CCN1C(=O)CCc2cc(NS(=O)(=O)c3cc(F)ccc3C)ccc21. The van der Waals surface area contributed by atoms with E-state index in [1.54, 1.807) is 30.0 Å². The highest BCUT2D eigenvalue weighted by atomic mass is 32.2. The van der Waals surface area contributed by atoms with Crippen LogP contribution in [-0.2, 0) is 21.2 Å². The molecule has 0 saturated heterocycles. The van der Waals surface area contributed by atoms with E-state index in [-0.39, 0.29) is 10.8 Å².